The van der Waals surface area contributed by atoms with E-state index in [0.717, 1.165) is 18.4 Å². The van der Waals surface area contributed by atoms with Crippen molar-refractivity contribution >= 4 is 15.7 Å². The fourth-order valence-corrected chi connectivity index (χ4v) is 3.58. The van der Waals surface area contributed by atoms with Crippen molar-refractivity contribution in [1.82, 2.24) is 4.72 Å². The zero-order chi connectivity index (χ0) is 14.6. The summed E-state index contributed by atoms with van der Waals surface area (Å²) < 4.78 is 27.4. The highest BCUT2D eigenvalue weighted by Gasteiger charge is 2.21. The maximum atomic E-state index is 12.4. The van der Waals surface area contributed by atoms with E-state index in [9.17, 15) is 8.42 Å². The predicted octanol–water partition coefficient (Wildman–Crippen LogP) is 2.60. The summed E-state index contributed by atoms with van der Waals surface area (Å²) in [6.07, 6.45) is 1.92. The van der Waals surface area contributed by atoms with Gasteiger partial charge in [-0.3, -0.25) is 0 Å². The second kappa shape index (κ2) is 6.39. The monoisotopic (exact) mass is 284 g/mol. The highest BCUT2D eigenvalue weighted by Crippen LogP contribution is 2.25. The van der Waals surface area contributed by atoms with Gasteiger partial charge in [0, 0.05) is 6.54 Å². The first-order valence-electron chi connectivity index (χ1n) is 6.68. The lowest BCUT2D eigenvalue weighted by Gasteiger charge is -2.16. The number of hydrogen-bond acceptors (Lipinski definition) is 3. The van der Waals surface area contributed by atoms with E-state index in [2.05, 4.69) is 18.6 Å². The minimum absolute atomic E-state index is 0.221. The molecule has 108 valence electrons. The fraction of sp³-hybridized carbons (Fsp3) is 0.571. The van der Waals surface area contributed by atoms with Gasteiger partial charge in [-0.05, 0) is 30.9 Å². The Balaban J connectivity index is 3.05. The molecule has 4 nitrogen and oxygen atoms in total. The van der Waals surface area contributed by atoms with Gasteiger partial charge in [-0.25, -0.2) is 13.1 Å². The molecule has 0 aliphatic carbocycles. The molecule has 0 amide bonds. The predicted molar refractivity (Wildman–Crippen MR) is 79.6 cm³/mol. The third-order valence-electron chi connectivity index (χ3n) is 3.60. The number of nitrogens with two attached hydrogens (primary N) is 1. The summed E-state index contributed by atoms with van der Waals surface area (Å²) in [5.41, 5.74) is 7.73. The van der Waals surface area contributed by atoms with Crippen LogP contribution in [0.25, 0.3) is 0 Å². The van der Waals surface area contributed by atoms with Gasteiger partial charge >= 0.3 is 0 Å². The van der Waals surface area contributed by atoms with Crippen molar-refractivity contribution in [3.05, 3.63) is 23.3 Å². The zero-order valence-electron chi connectivity index (χ0n) is 12.2. The summed E-state index contributed by atoms with van der Waals surface area (Å²) in [5, 5.41) is 0. The number of nitrogen functional groups attached to an aromatic ring is 1. The summed E-state index contributed by atoms with van der Waals surface area (Å²) in [6.45, 7) is 8.17. The summed E-state index contributed by atoms with van der Waals surface area (Å²) >= 11 is 0. The topological polar surface area (TPSA) is 72.2 Å². The van der Waals surface area contributed by atoms with E-state index in [1.165, 1.54) is 0 Å². The maximum absolute atomic E-state index is 12.4. The van der Waals surface area contributed by atoms with Gasteiger partial charge < -0.3 is 5.73 Å². The van der Waals surface area contributed by atoms with Crippen LogP contribution in [0.4, 0.5) is 5.69 Å². The number of rotatable bonds is 6. The van der Waals surface area contributed by atoms with E-state index in [1.54, 1.807) is 13.0 Å². The van der Waals surface area contributed by atoms with Crippen LogP contribution in [-0.2, 0) is 10.0 Å². The highest BCUT2D eigenvalue weighted by molar-refractivity contribution is 7.89. The fourth-order valence-electron chi connectivity index (χ4n) is 2.04. The van der Waals surface area contributed by atoms with Crippen molar-refractivity contribution in [2.24, 2.45) is 5.92 Å². The van der Waals surface area contributed by atoms with E-state index in [-0.39, 0.29) is 4.90 Å². The van der Waals surface area contributed by atoms with Crippen molar-refractivity contribution in [3.8, 4) is 0 Å². The van der Waals surface area contributed by atoms with Crippen molar-refractivity contribution < 1.29 is 8.42 Å². The minimum Gasteiger partial charge on any atom is -0.397 e. The number of hydrogen-bond donors (Lipinski definition) is 2. The van der Waals surface area contributed by atoms with Crippen LogP contribution < -0.4 is 10.5 Å². The van der Waals surface area contributed by atoms with E-state index in [1.807, 2.05) is 13.0 Å². The zero-order valence-corrected chi connectivity index (χ0v) is 13.0. The molecular formula is C14H24N2O2S. The molecule has 0 aromatic heterocycles. The quantitative estimate of drug-likeness (QED) is 0.789. The molecule has 0 saturated heterocycles. The van der Waals surface area contributed by atoms with E-state index < -0.39 is 10.0 Å². The first-order chi connectivity index (χ1) is 8.83. The van der Waals surface area contributed by atoms with Crippen LogP contribution in [0.5, 0.6) is 0 Å². The molecule has 0 heterocycles. The Hall–Kier alpha value is -1.07. The lowest BCUT2D eigenvalue weighted by Crippen LogP contribution is -2.30. The average molecular weight is 284 g/mol. The Kier molecular flexibility index (Phi) is 5.38. The Bertz CT molecular complexity index is 535. The van der Waals surface area contributed by atoms with Crippen molar-refractivity contribution in [2.75, 3.05) is 12.3 Å². The van der Waals surface area contributed by atoms with Gasteiger partial charge in [0.1, 0.15) is 4.90 Å². The molecule has 3 N–H and O–H groups in total. The number of aryl methyl sites for hydroxylation is 2. The second-order valence-electron chi connectivity index (χ2n) is 4.98. The largest absolute Gasteiger partial charge is 0.397 e. The SMILES string of the molecule is CCC(CC)CNS(=O)(=O)c1c(C)ccc(C)c1N. The number of anilines is 1. The molecule has 5 heteroatoms. The Labute approximate surface area is 116 Å². The van der Waals surface area contributed by atoms with Crippen LogP contribution >= 0.6 is 0 Å². The van der Waals surface area contributed by atoms with Crippen LogP contribution in [0.3, 0.4) is 0 Å². The molecule has 0 fully saturated rings. The molecule has 0 atom stereocenters. The summed E-state index contributed by atoms with van der Waals surface area (Å²) in [6, 6.07) is 3.63. The molecule has 1 aromatic carbocycles. The van der Waals surface area contributed by atoms with Gasteiger partial charge in [-0.2, -0.15) is 0 Å². The second-order valence-corrected chi connectivity index (χ2v) is 6.68. The molecule has 0 spiro atoms. The average Bonchev–Trinajstić information content (AvgIpc) is 2.35. The molecule has 1 aromatic rings. The lowest BCUT2D eigenvalue weighted by molar-refractivity contribution is 0.479. The van der Waals surface area contributed by atoms with Gasteiger partial charge in [-0.15, -0.1) is 0 Å². The minimum atomic E-state index is -3.53. The molecule has 0 saturated carbocycles. The summed E-state index contributed by atoms with van der Waals surface area (Å²) in [5.74, 6) is 0.362. The van der Waals surface area contributed by atoms with Crippen LogP contribution in [0.15, 0.2) is 17.0 Å². The molecule has 1 rings (SSSR count). The lowest BCUT2D eigenvalue weighted by atomic mass is 10.0. The number of benzene rings is 1. The molecule has 0 unspecified atom stereocenters. The number of sulfonamides is 1. The van der Waals surface area contributed by atoms with E-state index in [0.29, 0.717) is 23.7 Å². The first-order valence-corrected chi connectivity index (χ1v) is 8.17. The Morgan fingerprint density at radius 1 is 1.16 bits per heavy atom. The number of nitrogens with one attached hydrogen (secondary N) is 1. The van der Waals surface area contributed by atoms with Crippen LogP contribution in [0.2, 0.25) is 0 Å². The molecule has 0 bridgehead atoms. The van der Waals surface area contributed by atoms with Crippen molar-refractivity contribution in [2.45, 2.75) is 45.4 Å². The highest BCUT2D eigenvalue weighted by atomic mass is 32.2. The Morgan fingerprint density at radius 2 is 1.68 bits per heavy atom. The van der Waals surface area contributed by atoms with Crippen LogP contribution in [-0.4, -0.2) is 15.0 Å². The maximum Gasteiger partial charge on any atom is 0.242 e. The normalized spacial score (nSPS) is 12.1. The first kappa shape index (κ1) is 16.0. The van der Waals surface area contributed by atoms with Crippen LogP contribution in [0.1, 0.15) is 37.8 Å². The molecule has 19 heavy (non-hydrogen) atoms. The summed E-state index contributed by atoms with van der Waals surface area (Å²) in [7, 11) is -3.53. The third-order valence-corrected chi connectivity index (χ3v) is 5.22. The van der Waals surface area contributed by atoms with Gasteiger partial charge in [0.25, 0.3) is 0 Å². The standard InChI is InChI=1S/C14H24N2O2S/c1-5-12(6-2)9-16-19(17,18)14-11(4)8-7-10(3)13(14)15/h7-8,12,16H,5-6,9,15H2,1-4H3. The molecule has 0 radical (unpaired) electrons. The third kappa shape index (κ3) is 3.70. The van der Waals surface area contributed by atoms with Gasteiger partial charge in [0.2, 0.25) is 10.0 Å². The van der Waals surface area contributed by atoms with Crippen LogP contribution in [0, 0.1) is 19.8 Å². The molecular weight excluding hydrogens is 260 g/mol. The van der Waals surface area contributed by atoms with E-state index >= 15 is 0 Å². The summed E-state index contributed by atoms with van der Waals surface area (Å²) in [4.78, 5) is 0.221. The van der Waals surface area contributed by atoms with Gasteiger partial charge in [-0.1, -0.05) is 38.8 Å². The molecule has 0 aliphatic heterocycles. The Morgan fingerprint density at radius 3 is 2.21 bits per heavy atom. The van der Waals surface area contributed by atoms with Gasteiger partial charge in [0.05, 0.1) is 5.69 Å². The molecule has 0 aliphatic rings. The van der Waals surface area contributed by atoms with Crippen molar-refractivity contribution in [1.29, 1.82) is 0 Å². The smallest absolute Gasteiger partial charge is 0.242 e. The van der Waals surface area contributed by atoms with Gasteiger partial charge in [0.15, 0.2) is 0 Å². The van der Waals surface area contributed by atoms with Crippen molar-refractivity contribution in [3.63, 3.8) is 0 Å². The van der Waals surface area contributed by atoms with E-state index in [4.69, 9.17) is 5.73 Å².